The van der Waals surface area contributed by atoms with Crippen LogP contribution >= 0.6 is 0 Å². The van der Waals surface area contributed by atoms with Crippen LogP contribution in [0.15, 0.2) is 64.9 Å². The molecule has 2 amide bonds. The van der Waals surface area contributed by atoms with Gasteiger partial charge in [-0.05, 0) is 17.7 Å². The number of nitrogens with one attached hydrogen (secondary N) is 2. The Kier molecular flexibility index (Phi) is 3.09. The van der Waals surface area contributed by atoms with Crippen LogP contribution in [0, 0.1) is 0 Å². The van der Waals surface area contributed by atoms with Crippen molar-refractivity contribution in [2.24, 2.45) is 0 Å². The lowest BCUT2D eigenvalue weighted by molar-refractivity contribution is 0.0994. The Bertz CT molecular complexity index is 660. The first-order chi connectivity index (χ1) is 9.75. The summed E-state index contributed by atoms with van der Waals surface area (Å²) in [5.41, 5.74) is 1.28. The van der Waals surface area contributed by atoms with E-state index in [-0.39, 0.29) is 17.6 Å². The molecule has 3 rings (SSSR count). The van der Waals surface area contributed by atoms with Crippen LogP contribution in [0.25, 0.3) is 0 Å². The van der Waals surface area contributed by atoms with E-state index in [1.807, 2.05) is 30.3 Å². The molecule has 0 saturated carbocycles. The smallest absolute Gasteiger partial charge is 0.319 e. The molecule has 20 heavy (non-hydrogen) atoms. The minimum Gasteiger partial charge on any atom is -0.461 e. The zero-order chi connectivity index (χ0) is 13.9. The maximum atomic E-state index is 12.4. The highest BCUT2D eigenvalue weighted by atomic mass is 16.3. The SMILES string of the molecule is O=C1NC=C(C(=O)c2ccco2)[C@H](c2ccccc2)N1. The number of furan rings is 1. The molecule has 1 aromatic heterocycles. The van der Waals surface area contributed by atoms with E-state index < -0.39 is 6.04 Å². The Morgan fingerprint density at radius 3 is 2.60 bits per heavy atom. The maximum absolute atomic E-state index is 12.4. The van der Waals surface area contributed by atoms with Crippen LogP contribution < -0.4 is 10.6 Å². The molecule has 0 spiro atoms. The molecule has 5 heteroatoms. The Morgan fingerprint density at radius 2 is 1.90 bits per heavy atom. The average molecular weight is 268 g/mol. The van der Waals surface area contributed by atoms with Crippen LogP contribution in [-0.4, -0.2) is 11.8 Å². The maximum Gasteiger partial charge on any atom is 0.319 e. The Labute approximate surface area is 115 Å². The van der Waals surface area contributed by atoms with Crippen molar-refractivity contribution in [3.05, 3.63) is 71.8 Å². The summed E-state index contributed by atoms with van der Waals surface area (Å²) in [6.45, 7) is 0. The van der Waals surface area contributed by atoms with Gasteiger partial charge in [0, 0.05) is 11.8 Å². The number of amides is 2. The summed E-state index contributed by atoms with van der Waals surface area (Å²) in [5, 5.41) is 5.24. The van der Waals surface area contributed by atoms with Gasteiger partial charge in [-0.25, -0.2) is 4.79 Å². The zero-order valence-corrected chi connectivity index (χ0v) is 10.5. The van der Waals surface area contributed by atoms with E-state index in [1.165, 1.54) is 12.5 Å². The minimum atomic E-state index is -0.484. The van der Waals surface area contributed by atoms with E-state index in [0.29, 0.717) is 5.57 Å². The number of benzene rings is 1. The van der Waals surface area contributed by atoms with Gasteiger partial charge in [0.15, 0.2) is 5.76 Å². The highest BCUT2D eigenvalue weighted by Gasteiger charge is 2.29. The summed E-state index contributed by atoms with van der Waals surface area (Å²) in [4.78, 5) is 23.9. The Morgan fingerprint density at radius 1 is 1.10 bits per heavy atom. The van der Waals surface area contributed by atoms with E-state index in [9.17, 15) is 9.59 Å². The number of urea groups is 1. The number of carbonyl (C=O) groups excluding carboxylic acids is 2. The fraction of sp³-hybridized carbons (Fsp3) is 0.0667. The molecule has 0 fully saturated rings. The third kappa shape index (κ3) is 2.21. The highest BCUT2D eigenvalue weighted by molar-refractivity contribution is 6.08. The van der Waals surface area contributed by atoms with E-state index in [0.717, 1.165) is 5.56 Å². The largest absolute Gasteiger partial charge is 0.461 e. The van der Waals surface area contributed by atoms with Gasteiger partial charge in [0.2, 0.25) is 5.78 Å². The van der Waals surface area contributed by atoms with Gasteiger partial charge < -0.3 is 15.1 Å². The molecule has 2 heterocycles. The summed E-state index contributed by atoms with van der Waals surface area (Å²) in [6.07, 6.45) is 2.88. The number of hydrogen-bond acceptors (Lipinski definition) is 3. The molecule has 1 atom stereocenters. The van der Waals surface area contributed by atoms with Crippen molar-refractivity contribution in [2.45, 2.75) is 6.04 Å². The monoisotopic (exact) mass is 268 g/mol. The highest BCUT2D eigenvalue weighted by Crippen LogP contribution is 2.26. The summed E-state index contributed by atoms with van der Waals surface area (Å²) >= 11 is 0. The summed E-state index contributed by atoms with van der Waals surface area (Å²) in [7, 11) is 0. The number of Topliss-reactive ketones (excluding diaryl/α,β-unsaturated/α-hetero) is 1. The fourth-order valence-corrected chi connectivity index (χ4v) is 2.13. The predicted molar refractivity (Wildman–Crippen MR) is 72.0 cm³/mol. The van der Waals surface area contributed by atoms with Gasteiger partial charge in [-0.3, -0.25) is 4.79 Å². The number of carbonyl (C=O) groups is 2. The third-order valence-corrected chi connectivity index (χ3v) is 3.09. The number of hydrogen-bond donors (Lipinski definition) is 2. The van der Waals surface area contributed by atoms with Crippen molar-refractivity contribution in [1.29, 1.82) is 0 Å². The Balaban J connectivity index is 1.98. The van der Waals surface area contributed by atoms with E-state index >= 15 is 0 Å². The molecule has 0 bridgehead atoms. The van der Waals surface area contributed by atoms with Gasteiger partial charge in [-0.15, -0.1) is 0 Å². The molecule has 5 nitrogen and oxygen atoms in total. The molecule has 2 aromatic rings. The molecule has 0 unspecified atom stereocenters. The quantitative estimate of drug-likeness (QED) is 0.840. The normalized spacial score (nSPS) is 17.9. The molecular formula is C15H12N2O3. The van der Waals surface area contributed by atoms with E-state index in [1.54, 1.807) is 12.1 Å². The van der Waals surface area contributed by atoms with Crippen molar-refractivity contribution < 1.29 is 14.0 Å². The minimum absolute atomic E-state index is 0.245. The lowest BCUT2D eigenvalue weighted by Crippen LogP contribution is -2.42. The van der Waals surface area contributed by atoms with Crippen molar-refractivity contribution in [3.8, 4) is 0 Å². The van der Waals surface area contributed by atoms with Crippen LogP contribution in [0.4, 0.5) is 4.79 Å². The van der Waals surface area contributed by atoms with Crippen molar-refractivity contribution in [2.75, 3.05) is 0 Å². The molecule has 1 aliphatic rings. The van der Waals surface area contributed by atoms with Crippen molar-refractivity contribution >= 4 is 11.8 Å². The van der Waals surface area contributed by atoms with Crippen LogP contribution in [0.1, 0.15) is 22.2 Å². The van der Waals surface area contributed by atoms with Crippen LogP contribution in [0.2, 0.25) is 0 Å². The first kappa shape index (κ1) is 12.2. The summed E-state index contributed by atoms with van der Waals surface area (Å²) < 4.78 is 5.13. The lowest BCUT2D eigenvalue weighted by Gasteiger charge is -2.25. The topological polar surface area (TPSA) is 71.3 Å². The molecule has 0 aliphatic carbocycles. The average Bonchev–Trinajstić information content (AvgIpc) is 3.02. The molecule has 0 radical (unpaired) electrons. The predicted octanol–water partition coefficient (Wildman–Crippen LogP) is 2.40. The van der Waals surface area contributed by atoms with Crippen molar-refractivity contribution in [3.63, 3.8) is 0 Å². The first-order valence-electron chi connectivity index (χ1n) is 6.16. The number of rotatable bonds is 3. The fourth-order valence-electron chi connectivity index (χ4n) is 2.13. The summed E-state index contributed by atoms with van der Waals surface area (Å²) in [5.74, 6) is -0.00789. The molecule has 1 aromatic carbocycles. The van der Waals surface area contributed by atoms with Crippen LogP contribution in [0.3, 0.4) is 0 Å². The van der Waals surface area contributed by atoms with Gasteiger partial charge >= 0.3 is 6.03 Å². The van der Waals surface area contributed by atoms with Gasteiger partial charge in [0.1, 0.15) is 0 Å². The van der Waals surface area contributed by atoms with Gasteiger partial charge in [-0.2, -0.15) is 0 Å². The van der Waals surface area contributed by atoms with Crippen molar-refractivity contribution in [1.82, 2.24) is 10.6 Å². The second kappa shape index (κ2) is 5.05. The first-order valence-corrected chi connectivity index (χ1v) is 6.16. The molecule has 100 valence electrons. The van der Waals surface area contributed by atoms with Crippen LogP contribution in [0.5, 0.6) is 0 Å². The Hall–Kier alpha value is -2.82. The lowest BCUT2D eigenvalue weighted by atomic mass is 9.94. The number of ketones is 1. The van der Waals surface area contributed by atoms with E-state index in [2.05, 4.69) is 10.6 Å². The second-order valence-corrected chi connectivity index (χ2v) is 4.37. The molecule has 0 saturated heterocycles. The molecule has 1 aliphatic heterocycles. The third-order valence-electron chi connectivity index (χ3n) is 3.09. The van der Waals surface area contributed by atoms with Gasteiger partial charge in [0.05, 0.1) is 12.3 Å². The van der Waals surface area contributed by atoms with E-state index in [4.69, 9.17) is 4.42 Å². The molecular weight excluding hydrogens is 256 g/mol. The zero-order valence-electron chi connectivity index (χ0n) is 10.5. The summed E-state index contributed by atoms with van der Waals surface area (Å²) in [6, 6.07) is 11.7. The second-order valence-electron chi connectivity index (χ2n) is 4.37. The van der Waals surface area contributed by atoms with Gasteiger partial charge in [-0.1, -0.05) is 30.3 Å². The molecule has 2 N–H and O–H groups in total. The van der Waals surface area contributed by atoms with Crippen LogP contribution in [-0.2, 0) is 0 Å². The van der Waals surface area contributed by atoms with Gasteiger partial charge in [0.25, 0.3) is 0 Å². The standard InChI is InChI=1S/C15H12N2O3/c18-14(12-7-4-8-20-12)11-9-16-15(19)17-13(11)10-5-2-1-3-6-10/h1-9,13H,(H2,16,17,19)/t13-/m0/s1.